The highest BCUT2D eigenvalue weighted by atomic mass is 16.6. The normalized spacial score (nSPS) is 19.1. The van der Waals surface area contributed by atoms with Crippen molar-refractivity contribution < 1.29 is 9.36 Å². The van der Waals surface area contributed by atoms with Crippen LogP contribution in [0.25, 0.3) is 0 Å². The monoisotopic (exact) mass is 408 g/mol. The number of aryl methyl sites for hydroxylation is 3. The highest BCUT2D eigenvalue weighted by molar-refractivity contribution is 5.55. The molecule has 0 fully saturated rings. The molecule has 158 valence electrons. The molecule has 0 spiro atoms. The van der Waals surface area contributed by atoms with E-state index in [2.05, 4.69) is 58.9 Å². The van der Waals surface area contributed by atoms with Gasteiger partial charge in [-0.3, -0.25) is 9.51 Å². The van der Waals surface area contributed by atoms with Crippen LogP contribution < -0.4 is 17.0 Å². The van der Waals surface area contributed by atoms with E-state index >= 15 is 0 Å². The van der Waals surface area contributed by atoms with Crippen molar-refractivity contribution in [2.24, 2.45) is 5.73 Å². The molecule has 0 amide bonds. The van der Waals surface area contributed by atoms with Crippen LogP contribution in [0.15, 0.2) is 45.7 Å². The molecule has 0 saturated heterocycles. The third-order valence-electron chi connectivity index (χ3n) is 5.91. The SMILES string of the molecule is CONCc1ccc2c(c1)CCc1cc(C)ccc1C2(C[C@H](C)N)c1noc(=O)[nH]1. The molecule has 0 radical (unpaired) electrons. The van der Waals surface area contributed by atoms with Gasteiger partial charge in [-0.05, 0) is 60.9 Å². The summed E-state index contributed by atoms with van der Waals surface area (Å²) in [6.45, 7) is 4.68. The van der Waals surface area contributed by atoms with E-state index in [1.807, 2.05) is 6.92 Å². The second kappa shape index (κ2) is 8.18. The number of benzene rings is 2. The molecule has 7 heteroatoms. The minimum atomic E-state index is -0.692. The molecule has 1 unspecified atom stereocenters. The zero-order valence-electron chi connectivity index (χ0n) is 17.6. The van der Waals surface area contributed by atoms with Gasteiger partial charge in [0.25, 0.3) is 0 Å². The number of hydroxylamine groups is 1. The van der Waals surface area contributed by atoms with Crippen LogP contribution in [0.2, 0.25) is 0 Å². The molecule has 3 aromatic rings. The summed E-state index contributed by atoms with van der Waals surface area (Å²) in [6.07, 6.45) is 2.37. The van der Waals surface area contributed by atoms with E-state index in [9.17, 15) is 4.79 Å². The van der Waals surface area contributed by atoms with Gasteiger partial charge in [0.15, 0.2) is 5.82 Å². The zero-order valence-corrected chi connectivity index (χ0v) is 17.6. The van der Waals surface area contributed by atoms with Gasteiger partial charge in [0.1, 0.15) is 0 Å². The van der Waals surface area contributed by atoms with Crippen LogP contribution in [-0.4, -0.2) is 23.3 Å². The fourth-order valence-electron chi connectivity index (χ4n) is 4.76. The summed E-state index contributed by atoms with van der Waals surface area (Å²) in [4.78, 5) is 19.8. The van der Waals surface area contributed by atoms with E-state index in [1.54, 1.807) is 7.11 Å². The summed E-state index contributed by atoms with van der Waals surface area (Å²) in [6, 6.07) is 12.8. The highest BCUT2D eigenvalue weighted by Gasteiger charge is 2.44. The van der Waals surface area contributed by atoms with E-state index in [1.165, 1.54) is 16.7 Å². The van der Waals surface area contributed by atoms with Crippen LogP contribution in [-0.2, 0) is 29.6 Å². The maximum atomic E-state index is 12.0. The Balaban J connectivity index is 2.01. The zero-order chi connectivity index (χ0) is 21.3. The van der Waals surface area contributed by atoms with E-state index in [0.29, 0.717) is 18.8 Å². The molecular formula is C23H28N4O3. The van der Waals surface area contributed by atoms with E-state index in [-0.39, 0.29) is 6.04 Å². The first-order valence-electron chi connectivity index (χ1n) is 10.2. The van der Waals surface area contributed by atoms with Crippen molar-refractivity contribution in [1.82, 2.24) is 15.6 Å². The molecule has 0 bridgehead atoms. The van der Waals surface area contributed by atoms with Gasteiger partial charge in [0, 0.05) is 12.6 Å². The number of fused-ring (bicyclic) bond motifs is 2. The third-order valence-corrected chi connectivity index (χ3v) is 5.91. The molecule has 2 atom stereocenters. The number of nitrogens with two attached hydrogens (primary N) is 1. The Kier molecular flexibility index (Phi) is 5.60. The second-order valence-corrected chi connectivity index (χ2v) is 8.21. The van der Waals surface area contributed by atoms with Gasteiger partial charge in [-0.15, -0.1) is 0 Å². The summed E-state index contributed by atoms with van der Waals surface area (Å²) in [5.74, 6) is -0.0600. The van der Waals surface area contributed by atoms with E-state index in [4.69, 9.17) is 15.1 Å². The predicted molar refractivity (Wildman–Crippen MR) is 114 cm³/mol. The molecule has 0 aliphatic heterocycles. The third kappa shape index (κ3) is 3.60. The van der Waals surface area contributed by atoms with Gasteiger partial charge >= 0.3 is 5.76 Å². The van der Waals surface area contributed by atoms with Crippen LogP contribution in [0, 0.1) is 6.92 Å². The van der Waals surface area contributed by atoms with Gasteiger partial charge < -0.3 is 10.6 Å². The number of H-pyrrole nitrogens is 1. The lowest BCUT2D eigenvalue weighted by atomic mass is 9.68. The topological polar surface area (TPSA) is 106 Å². The number of aromatic nitrogens is 2. The first-order chi connectivity index (χ1) is 14.4. The number of hydrogen-bond acceptors (Lipinski definition) is 6. The lowest BCUT2D eigenvalue weighted by Gasteiger charge is -2.35. The quantitative estimate of drug-likeness (QED) is 0.541. The number of aromatic amines is 1. The molecule has 4 N–H and O–H groups in total. The molecule has 1 aliphatic carbocycles. The summed E-state index contributed by atoms with van der Waals surface area (Å²) in [5, 5.41) is 4.17. The lowest BCUT2D eigenvalue weighted by molar-refractivity contribution is 0.0867. The maximum Gasteiger partial charge on any atom is 0.438 e. The minimum absolute atomic E-state index is 0.125. The summed E-state index contributed by atoms with van der Waals surface area (Å²) >= 11 is 0. The standard InChI is InChI=1S/C23H28N4O3/c1-14-4-8-19-17(10-14)6-7-18-11-16(13-25-29-3)5-9-20(18)23(19,12-15(2)24)21-26-22(28)30-27-21/h4-5,8-11,15,25H,6-7,12-13,24H2,1-3H3,(H,26,27,28)/t15-,23?/m0/s1. The molecule has 1 aliphatic rings. The summed E-state index contributed by atoms with van der Waals surface area (Å²) in [5.41, 5.74) is 15.6. The first kappa shape index (κ1) is 20.5. The Morgan fingerprint density at radius 1 is 1.23 bits per heavy atom. The second-order valence-electron chi connectivity index (χ2n) is 8.21. The van der Waals surface area contributed by atoms with Gasteiger partial charge in [-0.2, -0.15) is 5.48 Å². The van der Waals surface area contributed by atoms with Gasteiger partial charge in [0.05, 0.1) is 12.5 Å². The molecule has 1 aromatic heterocycles. The van der Waals surface area contributed by atoms with E-state index < -0.39 is 11.2 Å². The fraction of sp³-hybridized carbons (Fsp3) is 0.391. The Labute approximate surface area is 175 Å². The Bertz CT molecular complexity index is 1100. The number of hydrogen-bond donors (Lipinski definition) is 3. The predicted octanol–water partition coefficient (Wildman–Crippen LogP) is 2.49. The van der Waals surface area contributed by atoms with E-state index in [0.717, 1.165) is 29.5 Å². The van der Waals surface area contributed by atoms with Crippen LogP contribution in [0.3, 0.4) is 0 Å². The molecule has 4 rings (SSSR count). The van der Waals surface area contributed by atoms with Crippen LogP contribution in [0.5, 0.6) is 0 Å². The Morgan fingerprint density at radius 2 is 1.93 bits per heavy atom. The lowest BCUT2D eigenvalue weighted by Crippen LogP contribution is -2.38. The van der Waals surface area contributed by atoms with Crippen molar-refractivity contribution in [1.29, 1.82) is 0 Å². The molecule has 1 heterocycles. The Hall–Kier alpha value is -2.74. The van der Waals surface area contributed by atoms with Gasteiger partial charge in [-0.25, -0.2) is 4.79 Å². The largest absolute Gasteiger partial charge is 0.438 e. The molecule has 2 aromatic carbocycles. The summed E-state index contributed by atoms with van der Waals surface area (Å²) in [7, 11) is 1.61. The molecule has 0 saturated carbocycles. The van der Waals surface area contributed by atoms with Crippen molar-refractivity contribution >= 4 is 0 Å². The average Bonchev–Trinajstić information content (AvgIpc) is 3.10. The van der Waals surface area contributed by atoms with Crippen molar-refractivity contribution in [3.8, 4) is 0 Å². The molecule has 7 nitrogen and oxygen atoms in total. The molecular weight excluding hydrogens is 380 g/mol. The van der Waals surface area contributed by atoms with Crippen molar-refractivity contribution in [3.05, 3.63) is 86.2 Å². The maximum absolute atomic E-state index is 12.0. The first-order valence-corrected chi connectivity index (χ1v) is 10.2. The summed E-state index contributed by atoms with van der Waals surface area (Å²) < 4.78 is 4.97. The number of nitrogens with zero attached hydrogens (tertiary/aromatic N) is 1. The van der Waals surface area contributed by atoms with Crippen molar-refractivity contribution in [2.45, 2.75) is 51.1 Å². The van der Waals surface area contributed by atoms with Crippen molar-refractivity contribution in [3.63, 3.8) is 0 Å². The fourth-order valence-corrected chi connectivity index (χ4v) is 4.76. The molecule has 30 heavy (non-hydrogen) atoms. The van der Waals surface area contributed by atoms with Gasteiger partial charge in [-0.1, -0.05) is 47.1 Å². The van der Waals surface area contributed by atoms with Crippen LogP contribution in [0.4, 0.5) is 0 Å². The average molecular weight is 409 g/mol. The Morgan fingerprint density at radius 3 is 2.57 bits per heavy atom. The van der Waals surface area contributed by atoms with Gasteiger partial charge in [0.2, 0.25) is 0 Å². The smallest absolute Gasteiger partial charge is 0.328 e. The van der Waals surface area contributed by atoms with Crippen LogP contribution in [0.1, 0.15) is 52.5 Å². The van der Waals surface area contributed by atoms with Crippen LogP contribution >= 0.6 is 0 Å². The van der Waals surface area contributed by atoms with Crippen molar-refractivity contribution in [2.75, 3.05) is 7.11 Å². The number of rotatable bonds is 6. The minimum Gasteiger partial charge on any atom is -0.328 e. The number of nitrogens with one attached hydrogen (secondary N) is 2. The highest BCUT2D eigenvalue weighted by Crippen LogP contribution is 2.46.